The van der Waals surface area contributed by atoms with Gasteiger partial charge in [-0.2, -0.15) is 0 Å². The number of fused-ring (bicyclic) bond motifs is 12. The molecule has 58 heavy (non-hydrogen) atoms. The zero-order valence-electron chi connectivity index (χ0n) is 36.7. The Balaban J connectivity index is 1.30. The lowest BCUT2D eigenvalue weighted by Gasteiger charge is -2.46. The van der Waals surface area contributed by atoms with Gasteiger partial charge in [-0.05, 0) is 138 Å². The van der Waals surface area contributed by atoms with Gasteiger partial charge in [0.2, 0.25) is 0 Å². The summed E-state index contributed by atoms with van der Waals surface area (Å²) in [5.41, 5.74) is 23.7. The molecule has 0 spiro atoms. The van der Waals surface area contributed by atoms with Gasteiger partial charge in [-0.1, -0.05) is 144 Å². The van der Waals surface area contributed by atoms with Crippen molar-refractivity contribution in [3.63, 3.8) is 0 Å². The van der Waals surface area contributed by atoms with E-state index >= 15 is 0 Å². The third-order valence-electron chi connectivity index (χ3n) is 15.2. The molecule has 3 heteroatoms. The number of rotatable bonds is 1. The maximum absolute atomic E-state index is 2.74. The van der Waals surface area contributed by atoms with Crippen LogP contribution < -0.4 is 15.7 Å². The Kier molecular flexibility index (Phi) is 6.95. The average Bonchev–Trinajstić information content (AvgIpc) is 3.62. The van der Waals surface area contributed by atoms with Crippen molar-refractivity contribution in [3.8, 4) is 27.9 Å². The van der Waals surface area contributed by atoms with Crippen LogP contribution in [-0.2, 0) is 27.1 Å². The van der Waals surface area contributed by atoms with E-state index in [4.69, 9.17) is 0 Å². The van der Waals surface area contributed by atoms with E-state index in [-0.39, 0.29) is 33.9 Å². The van der Waals surface area contributed by atoms with Gasteiger partial charge in [0.25, 0.3) is 0 Å². The van der Waals surface area contributed by atoms with Gasteiger partial charge in [-0.15, -0.1) is 0 Å². The van der Waals surface area contributed by atoms with E-state index in [9.17, 15) is 0 Å². The van der Waals surface area contributed by atoms with E-state index in [1.54, 1.807) is 0 Å². The highest BCUT2D eigenvalue weighted by Gasteiger charge is 2.47. The van der Waals surface area contributed by atoms with Crippen LogP contribution in [0.1, 0.15) is 129 Å². The van der Waals surface area contributed by atoms with Crippen molar-refractivity contribution in [3.05, 3.63) is 137 Å². The van der Waals surface area contributed by atoms with Crippen LogP contribution in [0.25, 0.3) is 49.7 Å². The molecular formula is C55H57BN2. The maximum atomic E-state index is 2.74. The Morgan fingerprint density at radius 2 is 1.17 bits per heavy atom. The first kappa shape index (κ1) is 36.1. The van der Waals surface area contributed by atoms with E-state index in [1.807, 2.05) is 0 Å². The molecule has 0 atom stereocenters. The molecule has 0 bridgehead atoms. The first-order valence-electron chi connectivity index (χ1n) is 21.8. The summed E-state index contributed by atoms with van der Waals surface area (Å²) < 4.78 is 2.67. The summed E-state index contributed by atoms with van der Waals surface area (Å²) in [7, 11) is 0. The second kappa shape index (κ2) is 11.2. The Labute approximate surface area is 346 Å². The molecule has 0 amide bonds. The Morgan fingerprint density at radius 3 is 1.86 bits per heavy atom. The largest absolute Gasteiger partial charge is 0.376 e. The summed E-state index contributed by atoms with van der Waals surface area (Å²) in [5.74, 6) is 0. The zero-order valence-corrected chi connectivity index (χ0v) is 36.7. The number of hydrogen-bond acceptors (Lipinski definition) is 1. The van der Waals surface area contributed by atoms with Gasteiger partial charge < -0.3 is 9.38 Å². The summed E-state index contributed by atoms with van der Waals surface area (Å²) in [6, 6.07) is 41.4. The lowest BCUT2D eigenvalue weighted by atomic mass is 9.43. The minimum atomic E-state index is -0.0823. The summed E-state index contributed by atoms with van der Waals surface area (Å²) in [6.45, 7) is 28.7. The highest BCUT2D eigenvalue weighted by Crippen LogP contribution is 2.54. The van der Waals surface area contributed by atoms with E-state index in [1.165, 1.54) is 118 Å². The summed E-state index contributed by atoms with van der Waals surface area (Å²) >= 11 is 0. The second-order valence-electron chi connectivity index (χ2n) is 22.1. The normalized spacial score (nSPS) is 17.9. The first-order chi connectivity index (χ1) is 27.3. The van der Waals surface area contributed by atoms with Gasteiger partial charge in [-0.3, -0.25) is 0 Å². The van der Waals surface area contributed by atoms with Gasteiger partial charge in [0, 0.05) is 38.8 Å². The van der Waals surface area contributed by atoms with E-state index < -0.39 is 0 Å². The van der Waals surface area contributed by atoms with Crippen molar-refractivity contribution in [1.82, 2.24) is 4.57 Å². The average molecular weight is 757 g/mol. The number of benzene rings is 6. The predicted molar refractivity (Wildman–Crippen MR) is 250 cm³/mol. The molecule has 2 nitrogen and oxygen atoms in total. The molecule has 6 aromatic carbocycles. The Bertz CT molecular complexity index is 2940. The van der Waals surface area contributed by atoms with Crippen LogP contribution >= 0.6 is 0 Å². The van der Waals surface area contributed by atoms with Crippen molar-refractivity contribution < 1.29 is 0 Å². The van der Waals surface area contributed by atoms with Crippen molar-refractivity contribution in [1.29, 1.82) is 0 Å². The SMILES string of the molecule is CC(C)(C)c1ccc(N2B3c4cc(C(C)(C)C)ccc4-n4c5cc6c(cc5c5ccc(c3c54)-c3cc4c(cc32)C(C)(C)CCC4(C)C)-c2ccccc2C6(C)C)cc1. The van der Waals surface area contributed by atoms with Gasteiger partial charge in [0.15, 0.2) is 0 Å². The molecule has 290 valence electrons. The van der Waals surface area contributed by atoms with Gasteiger partial charge in [0.05, 0.1) is 11.0 Å². The van der Waals surface area contributed by atoms with Crippen LogP contribution in [0, 0.1) is 0 Å². The fraction of sp³-hybridized carbons (Fsp3) is 0.345. The Hall–Kier alpha value is -5.02. The molecule has 0 unspecified atom stereocenters. The number of nitrogens with zero attached hydrogens (tertiary/aromatic N) is 2. The molecule has 11 rings (SSSR count). The summed E-state index contributed by atoms with van der Waals surface area (Å²) in [4.78, 5) is 2.74. The van der Waals surface area contributed by atoms with Crippen LogP contribution in [0.3, 0.4) is 0 Å². The molecule has 4 aliphatic rings. The van der Waals surface area contributed by atoms with Gasteiger partial charge in [0.1, 0.15) is 0 Å². The standard InChI is InChI=1S/C55H57BN2/c1-51(2,3)32-17-20-34(21-18-32)58-48-31-44-43(53(7,8)25-26-54(44,9)10)29-40(48)36-22-23-37-39-28-38-35-15-13-14-16-41(35)55(11,12)42(38)30-47(39)57-46-24-19-33(52(4,5)6)27-45(46)56(58)49(36)50(37)57/h13-24,27-31H,25-26H2,1-12H3. The fourth-order valence-corrected chi connectivity index (χ4v) is 11.5. The third-order valence-corrected chi connectivity index (χ3v) is 15.2. The van der Waals surface area contributed by atoms with Crippen molar-refractivity contribution in [2.75, 3.05) is 4.81 Å². The maximum Gasteiger partial charge on any atom is 0.333 e. The molecule has 2 aliphatic carbocycles. The third kappa shape index (κ3) is 4.68. The molecular weight excluding hydrogens is 699 g/mol. The molecule has 7 aromatic rings. The predicted octanol–water partition coefficient (Wildman–Crippen LogP) is 13.3. The topological polar surface area (TPSA) is 8.17 Å². The van der Waals surface area contributed by atoms with Crippen LogP contribution in [0.15, 0.2) is 103 Å². The molecule has 0 fully saturated rings. The minimum Gasteiger partial charge on any atom is -0.376 e. The van der Waals surface area contributed by atoms with Crippen molar-refractivity contribution in [2.45, 2.75) is 123 Å². The van der Waals surface area contributed by atoms with Crippen LogP contribution in [-0.4, -0.2) is 11.4 Å². The van der Waals surface area contributed by atoms with Gasteiger partial charge in [-0.25, -0.2) is 0 Å². The molecule has 1 aromatic heterocycles. The quantitative estimate of drug-likeness (QED) is 0.151. The molecule has 2 aliphatic heterocycles. The van der Waals surface area contributed by atoms with Crippen LogP contribution in [0.2, 0.25) is 0 Å². The second-order valence-corrected chi connectivity index (χ2v) is 22.1. The van der Waals surface area contributed by atoms with Crippen LogP contribution in [0.5, 0.6) is 0 Å². The lowest BCUT2D eigenvalue weighted by molar-refractivity contribution is 0.332. The smallest absolute Gasteiger partial charge is 0.333 e. The summed E-state index contributed by atoms with van der Waals surface area (Å²) in [6.07, 6.45) is 2.38. The van der Waals surface area contributed by atoms with Crippen molar-refractivity contribution >= 4 is 51.0 Å². The molecule has 0 saturated carbocycles. The number of anilines is 2. The lowest BCUT2D eigenvalue weighted by Crippen LogP contribution is -2.61. The molecule has 0 saturated heterocycles. The van der Waals surface area contributed by atoms with E-state index in [0.717, 1.165) is 0 Å². The summed E-state index contributed by atoms with van der Waals surface area (Å²) in [5, 5.41) is 2.69. The van der Waals surface area contributed by atoms with E-state index in [2.05, 4.69) is 196 Å². The van der Waals surface area contributed by atoms with Gasteiger partial charge >= 0.3 is 6.85 Å². The fourth-order valence-electron chi connectivity index (χ4n) is 11.5. The number of aromatic nitrogens is 1. The molecule has 0 N–H and O–H groups in total. The Morgan fingerprint density at radius 1 is 0.517 bits per heavy atom. The molecule has 3 heterocycles. The monoisotopic (exact) mass is 756 g/mol. The van der Waals surface area contributed by atoms with Crippen LogP contribution in [0.4, 0.5) is 11.4 Å². The highest BCUT2D eigenvalue weighted by atomic mass is 15.1. The van der Waals surface area contributed by atoms with E-state index in [0.29, 0.717) is 0 Å². The minimum absolute atomic E-state index is 0.0000339. The molecule has 0 radical (unpaired) electrons. The van der Waals surface area contributed by atoms with Crippen molar-refractivity contribution in [2.24, 2.45) is 0 Å². The highest BCUT2D eigenvalue weighted by molar-refractivity contribution is 6.93. The zero-order chi connectivity index (χ0) is 40.6. The number of hydrogen-bond donors (Lipinski definition) is 0. The first-order valence-corrected chi connectivity index (χ1v) is 21.8.